The molecule has 1 amide bonds. The number of alkyl halides is 3. The number of aromatic nitrogens is 2. The highest BCUT2D eigenvalue weighted by Crippen LogP contribution is 2.30. The molecule has 0 aliphatic rings. The fourth-order valence-corrected chi connectivity index (χ4v) is 3.04. The van der Waals surface area contributed by atoms with E-state index in [1.165, 1.54) is 36.4 Å². The quantitative estimate of drug-likeness (QED) is 0.450. The molecule has 30 heavy (non-hydrogen) atoms. The van der Waals surface area contributed by atoms with Gasteiger partial charge in [-0.15, -0.1) is 0 Å². The third-order valence-corrected chi connectivity index (χ3v) is 4.73. The molecule has 0 saturated carbocycles. The second-order valence-electron chi connectivity index (χ2n) is 6.35. The number of hydrogen-bond acceptors (Lipinski definition) is 3. The van der Waals surface area contributed by atoms with Crippen LogP contribution in [0.5, 0.6) is 0 Å². The first-order chi connectivity index (χ1) is 14.1. The molecule has 2 aromatic carbocycles. The summed E-state index contributed by atoms with van der Waals surface area (Å²) < 4.78 is 53.1. The van der Waals surface area contributed by atoms with E-state index in [1.807, 2.05) is 0 Å². The largest absolute Gasteiger partial charge is 0.416 e. The molecular weight excluding hydrogens is 426 g/mol. The minimum absolute atomic E-state index is 0.0552. The van der Waals surface area contributed by atoms with Gasteiger partial charge in [0.25, 0.3) is 5.91 Å². The number of carbonyl (C=O) groups is 2. The van der Waals surface area contributed by atoms with E-state index in [0.29, 0.717) is 11.8 Å². The number of hydrogen-bond donors (Lipinski definition) is 1. The Kier molecular flexibility index (Phi) is 5.93. The maximum Gasteiger partial charge on any atom is 0.416 e. The molecule has 0 bridgehead atoms. The van der Waals surface area contributed by atoms with E-state index in [9.17, 15) is 27.2 Å². The second-order valence-corrected chi connectivity index (χ2v) is 6.71. The standard InChI is InChI=1S/C20H14ClF4N3O2/c1-11(12-6-8-13(9-7-12)20(23,24)25)26-19(30)17-14(10-29)18(21)28(27-17)16-5-3-2-4-15(16)22/h2-11H,1H3,(H,26,30)/t11-/m1/s1. The molecule has 10 heteroatoms. The Labute approximate surface area is 173 Å². The summed E-state index contributed by atoms with van der Waals surface area (Å²) in [5.41, 5.74) is -1.04. The summed E-state index contributed by atoms with van der Waals surface area (Å²) >= 11 is 6.11. The highest BCUT2D eigenvalue weighted by molar-refractivity contribution is 6.33. The Hall–Kier alpha value is -3.20. The summed E-state index contributed by atoms with van der Waals surface area (Å²) in [6.45, 7) is 1.55. The van der Waals surface area contributed by atoms with Gasteiger partial charge in [-0.3, -0.25) is 9.59 Å². The third-order valence-electron chi connectivity index (χ3n) is 4.36. The van der Waals surface area contributed by atoms with Crippen LogP contribution in [-0.2, 0) is 6.18 Å². The summed E-state index contributed by atoms with van der Waals surface area (Å²) in [5.74, 6) is -1.45. The van der Waals surface area contributed by atoms with Crippen LogP contribution in [0.25, 0.3) is 5.69 Å². The fourth-order valence-electron chi connectivity index (χ4n) is 2.77. The zero-order chi connectivity index (χ0) is 22.1. The number of benzene rings is 2. The van der Waals surface area contributed by atoms with Crippen molar-refractivity contribution in [2.75, 3.05) is 0 Å². The molecule has 3 rings (SSSR count). The Morgan fingerprint density at radius 3 is 2.37 bits per heavy atom. The molecule has 0 spiro atoms. The monoisotopic (exact) mass is 439 g/mol. The van der Waals surface area contributed by atoms with Crippen molar-refractivity contribution in [3.8, 4) is 5.69 Å². The van der Waals surface area contributed by atoms with Crippen molar-refractivity contribution in [3.05, 3.63) is 81.9 Å². The van der Waals surface area contributed by atoms with Gasteiger partial charge in [-0.05, 0) is 36.8 Å². The summed E-state index contributed by atoms with van der Waals surface area (Å²) in [5, 5.41) is 6.25. The maximum absolute atomic E-state index is 14.1. The lowest BCUT2D eigenvalue weighted by molar-refractivity contribution is -0.137. The number of nitrogens with one attached hydrogen (secondary N) is 1. The van der Waals surface area contributed by atoms with Crippen LogP contribution in [0.3, 0.4) is 0 Å². The van der Waals surface area contributed by atoms with Gasteiger partial charge < -0.3 is 5.32 Å². The third kappa shape index (κ3) is 4.20. The zero-order valence-corrected chi connectivity index (χ0v) is 16.1. The Morgan fingerprint density at radius 2 is 1.80 bits per heavy atom. The van der Waals surface area contributed by atoms with E-state index in [1.54, 1.807) is 6.92 Å². The van der Waals surface area contributed by atoms with Crippen LogP contribution in [0.1, 0.15) is 44.9 Å². The summed E-state index contributed by atoms with van der Waals surface area (Å²) in [7, 11) is 0. The van der Waals surface area contributed by atoms with E-state index in [-0.39, 0.29) is 22.1 Å². The van der Waals surface area contributed by atoms with Crippen LogP contribution in [0.15, 0.2) is 48.5 Å². The lowest BCUT2D eigenvalue weighted by atomic mass is 10.1. The first kappa shape index (κ1) is 21.5. The van der Waals surface area contributed by atoms with E-state index in [4.69, 9.17) is 11.6 Å². The van der Waals surface area contributed by atoms with Crippen molar-refractivity contribution < 1.29 is 27.2 Å². The molecule has 1 N–H and O–H groups in total. The van der Waals surface area contributed by atoms with Crippen molar-refractivity contribution in [1.82, 2.24) is 15.1 Å². The molecule has 0 radical (unpaired) electrons. The Bertz CT molecular complexity index is 1090. The van der Waals surface area contributed by atoms with Gasteiger partial charge in [-0.25, -0.2) is 9.07 Å². The van der Waals surface area contributed by atoms with Crippen molar-refractivity contribution >= 4 is 23.8 Å². The Balaban J connectivity index is 1.87. The first-order valence-electron chi connectivity index (χ1n) is 8.60. The minimum atomic E-state index is -4.47. The van der Waals surface area contributed by atoms with Crippen LogP contribution in [0.4, 0.5) is 17.6 Å². The van der Waals surface area contributed by atoms with E-state index in [0.717, 1.165) is 16.8 Å². The molecule has 0 aliphatic heterocycles. The highest BCUT2D eigenvalue weighted by atomic mass is 35.5. The number of aldehydes is 1. The van der Waals surface area contributed by atoms with Crippen LogP contribution in [0.2, 0.25) is 5.15 Å². The van der Waals surface area contributed by atoms with Gasteiger partial charge in [0.15, 0.2) is 12.0 Å². The fraction of sp³-hybridized carbons (Fsp3) is 0.150. The van der Waals surface area contributed by atoms with E-state index >= 15 is 0 Å². The van der Waals surface area contributed by atoms with Gasteiger partial charge in [0.1, 0.15) is 16.7 Å². The number of carbonyl (C=O) groups excluding carboxylic acids is 2. The summed E-state index contributed by atoms with van der Waals surface area (Å²) in [6.07, 6.45) is -4.15. The summed E-state index contributed by atoms with van der Waals surface area (Å²) in [6, 6.07) is 9.10. The van der Waals surface area contributed by atoms with Gasteiger partial charge >= 0.3 is 6.18 Å². The van der Waals surface area contributed by atoms with Crippen LogP contribution in [-0.4, -0.2) is 22.0 Å². The van der Waals surface area contributed by atoms with Crippen molar-refractivity contribution in [2.45, 2.75) is 19.1 Å². The normalized spacial score (nSPS) is 12.5. The topological polar surface area (TPSA) is 64.0 Å². The average Bonchev–Trinajstić information content (AvgIpc) is 3.04. The maximum atomic E-state index is 14.1. The lowest BCUT2D eigenvalue weighted by Gasteiger charge is -2.15. The summed E-state index contributed by atoms with van der Waals surface area (Å²) in [4.78, 5) is 24.1. The van der Waals surface area contributed by atoms with Gasteiger partial charge in [0.05, 0.1) is 17.2 Å². The molecule has 5 nitrogen and oxygen atoms in total. The van der Waals surface area contributed by atoms with Crippen LogP contribution >= 0.6 is 11.6 Å². The molecule has 0 unspecified atom stereocenters. The van der Waals surface area contributed by atoms with Crippen molar-refractivity contribution in [1.29, 1.82) is 0 Å². The number of nitrogens with zero attached hydrogens (tertiary/aromatic N) is 2. The zero-order valence-electron chi connectivity index (χ0n) is 15.4. The van der Waals surface area contributed by atoms with Gasteiger partial charge in [-0.2, -0.15) is 18.3 Å². The second kappa shape index (κ2) is 8.27. The molecule has 0 aliphatic carbocycles. The van der Waals surface area contributed by atoms with Crippen LogP contribution in [0, 0.1) is 5.82 Å². The molecule has 3 aromatic rings. The smallest absolute Gasteiger partial charge is 0.344 e. The predicted molar refractivity (Wildman–Crippen MR) is 101 cm³/mol. The van der Waals surface area contributed by atoms with Gasteiger partial charge in [0, 0.05) is 0 Å². The number of halogens is 5. The molecule has 156 valence electrons. The predicted octanol–water partition coefficient (Wildman–Crippen LogP) is 4.99. The molecule has 1 aromatic heterocycles. The molecule has 1 heterocycles. The van der Waals surface area contributed by atoms with Crippen molar-refractivity contribution in [2.24, 2.45) is 0 Å². The number of amides is 1. The van der Waals surface area contributed by atoms with E-state index in [2.05, 4.69) is 10.4 Å². The average molecular weight is 440 g/mol. The first-order valence-corrected chi connectivity index (χ1v) is 8.98. The van der Waals surface area contributed by atoms with Crippen molar-refractivity contribution in [3.63, 3.8) is 0 Å². The van der Waals surface area contributed by atoms with Crippen LogP contribution < -0.4 is 5.32 Å². The molecular formula is C20H14ClF4N3O2. The van der Waals surface area contributed by atoms with E-state index < -0.39 is 29.5 Å². The molecule has 0 fully saturated rings. The molecule has 1 atom stereocenters. The minimum Gasteiger partial charge on any atom is -0.344 e. The highest BCUT2D eigenvalue weighted by Gasteiger charge is 2.30. The number of para-hydroxylation sites is 1. The Morgan fingerprint density at radius 1 is 1.17 bits per heavy atom. The van der Waals surface area contributed by atoms with Gasteiger partial charge in [-0.1, -0.05) is 35.9 Å². The van der Waals surface area contributed by atoms with Gasteiger partial charge in [0.2, 0.25) is 0 Å². The SMILES string of the molecule is C[C@@H](NC(=O)c1nn(-c2ccccc2F)c(Cl)c1C=O)c1ccc(C(F)(F)F)cc1. The molecule has 0 saturated heterocycles. The lowest BCUT2D eigenvalue weighted by Crippen LogP contribution is -2.28. The number of rotatable bonds is 5.